The van der Waals surface area contributed by atoms with E-state index in [1.165, 1.54) is 11.3 Å². The average molecular weight is 194 g/mol. The van der Waals surface area contributed by atoms with Crippen LogP contribution in [0.1, 0.15) is 19.3 Å². The van der Waals surface area contributed by atoms with E-state index in [0.29, 0.717) is 0 Å². The van der Waals surface area contributed by atoms with E-state index in [1.807, 2.05) is 0 Å². The first-order chi connectivity index (χ1) is 6.36. The molecule has 2 aliphatic rings. The number of thioether (sulfide) groups is 1. The van der Waals surface area contributed by atoms with Crippen LogP contribution < -0.4 is 5.73 Å². The van der Waals surface area contributed by atoms with Gasteiger partial charge in [-0.05, 0) is 24.8 Å². The summed E-state index contributed by atoms with van der Waals surface area (Å²) in [6.45, 7) is 0. The van der Waals surface area contributed by atoms with E-state index in [4.69, 9.17) is 5.73 Å². The zero-order valence-corrected chi connectivity index (χ0v) is 8.39. The van der Waals surface area contributed by atoms with E-state index < -0.39 is 0 Å². The lowest BCUT2D eigenvalue weighted by Crippen LogP contribution is -2.22. The van der Waals surface area contributed by atoms with Crippen molar-refractivity contribution in [3.63, 3.8) is 0 Å². The molecule has 0 saturated carbocycles. The van der Waals surface area contributed by atoms with Crippen LogP contribution in [-0.4, -0.2) is 17.0 Å². The molecule has 0 fully saturated rings. The lowest BCUT2D eigenvalue weighted by molar-refractivity contribution is 0.951. The molecule has 0 bridgehead atoms. The smallest absolute Gasteiger partial charge is 0.144 e. The van der Waals surface area contributed by atoms with Crippen molar-refractivity contribution in [1.82, 2.24) is 0 Å². The van der Waals surface area contributed by atoms with Gasteiger partial charge in [0, 0.05) is 11.5 Å². The second-order valence-corrected chi connectivity index (χ2v) is 4.45. The van der Waals surface area contributed by atoms with Crippen LogP contribution in [0.5, 0.6) is 0 Å². The molecule has 0 amide bonds. The van der Waals surface area contributed by atoms with Crippen LogP contribution in [0.3, 0.4) is 0 Å². The summed E-state index contributed by atoms with van der Waals surface area (Å²) in [6, 6.07) is 0. The standard InChI is InChI=1S/C10H14N2S/c11-10-12-9(6-7-13-10)8-4-2-1-3-5-8/h2,4-5,10H,1,3,6-7,11H2. The van der Waals surface area contributed by atoms with Gasteiger partial charge in [0.2, 0.25) is 0 Å². The molecule has 2 rings (SSSR count). The molecule has 2 nitrogen and oxygen atoms in total. The maximum atomic E-state index is 5.76. The molecule has 0 saturated heterocycles. The molecular weight excluding hydrogens is 180 g/mol. The van der Waals surface area contributed by atoms with Crippen molar-refractivity contribution >= 4 is 17.5 Å². The third kappa shape index (κ3) is 2.23. The number of hydrogen-bond acceptors (Lipinski definition) is 3. The van der Waals surface area contributed by atoms with Crippen LogP contribution in [0.4, 0.5) is 0 Å². The molecule has 0 radical (unpaired) electrons. The Morgan fingerprint density at radius 1 is 1.46 bits per heavy atom. The predicted octanol–water partition coefficient (Wildman–Crippen LogP) is 2.08. The number of aliphatic imine (C=N–C) groups is 1. The minimum Gasteiger partial charge on any atom is -0.301 e. The van der Waals surface area contributed by atoms with Crippen molar-refractivity contribution in [3.05, 3.63) is 23.8 Å². The summed E-state index contributed by atoms with van der Waals surface area (Å²) in [5.41, 5.74) is 8.20. The van der Waals surface area contributed by atoms with Crippen molar-refractivity contribution in [1.29, 1.82) is 0 Å². The highest BCUT2D eigenvalue weighted by molar-refractivity contribution is 7.99. The number of nitrogens with two attached hydrogens (primary N) is 1. The van der Waals surface area contributed by atoms with E-state index in [1.54, 1.807) is 11.8 Å². The summed E-state index contributed by atoms with van der Waals surface area (Å²) < 4.78 is 0. The van der Waals surface area contributed by atoms with E-state index in [0.717, 1.165) is 25.0 Å². The van der Waals surface area contributed by atoms with E-state index >= 15 is 0 Å². The molecule has 1 aliphatic heterocycles. The predicted molar refractivity (Wildman–Crippen MR) is 58.9 cm³/mol. The van der Waals surface area contributed by atoms with Gasteiger partial charge in [-0.3, -0.25) is 4.99 Å². The first kappa shape index (κ1) is 9.03. The summed E-state index contributed by atoms with van der Waals surface area (Å²) in [5, 5.41) is 0. The summed E-state index contributed by atoms with van der Waals surface area (Å²) in [6.07, 6.45) is 10.0. The van der Waals surface area contributed by atoms with Crippen LogP contribution >= 0.6 is 11.8 Å². The second kappa shape index (κ2) is 4.11. The Bertz CT molecular complexity index is 279. The molecule has 2 N–H and O–H groups in total. The zero-order chi connectivity index (χ0) is 9.10. The van der Waals surface area contributed by atoms with Crippen LogP contribution in [-0.2, 0) is 0 Å². The van der Waals surface area contributed by atoms with Gasteiger partial charge in [0.25, 0.3) is 0 Å². The molecule has 3 heteroatoms. The third-order valence-corrected chi connectivity index (χ3v) is 3.13. The van der Waals surface area contributed by atoms with Crippen molar-refractivity contribution in [2.75, 3.05) is 5.75 Å². The Morgan fingerprint density at radius 2 is 2.38 bits per heavy atom. The maximum absolute atomic E-state index is 5.76. The Kier molecular flexibility index (Phi) is 2.86. The Hall–Kier alpha value is -0.540. The van der Waals surface area contributed by atoms with Crippen molar-refractivity contribution in [2.24, 2.45) is 10.7 Å². The fraction of sp³-hybridized carbons (Fsp3) is 0.500. The second-order valence-electron chi connectivity index (χ2n) is 3.23. The van der Waals surface area contributed by atoms with Gasteiger partial charge in [-0.25, -0.2) is 0 Å². The van der Waals surface area contributed by atoms with Gasteiger partial charge in [-0.2, -0.15) is 0 Å². The van der Waals surface area contributed by atoms with Gasteiger partial charge in [-0.1, -0.05) is 18.2 Å². The SMILES string of the molecule is NC1N=C(C2=CCCC=C2)CCS1. The molecule has 1 aliphatic carbocycles. The highest BCUT2D eigenvalue weighted by atomic mass is 32.2. The van der Waals surface area contributed by atoms with Gasteiger partial charge in [0.05, 0.1) is 0 Å². The van der Waals surface area contributed by atoms with E-state index in [9.17, 15) is 0 Å². The molecule has 1 unspecified atom stereocenters. The lowest BCUT2D eigenvalue weighted by Gasteiger charge is -2.18. The summed E-state index contributed by atoms with van der Waals surface area (Å²) >= 11 is 1.72. The van der Waals surface area contributed by atoms with Crippen molar-refractivity contribution < 1.29 is 0 Å². The van der Waals surface area contributed by atoms with Crippen LogP contribution in [0.2, 0.25) is 0 Å². The quantitative estimate of drug-likeness (QED) is 0.694. The number of nitrogens with zero attached hydrogens (tertiary/aromatic N) is 1. The largest absolute Gasteiger partial charge is 0.301 e. The third-order valence-electron chi connectivity index (χ3n) is 2.24. The molecule has 0 spiro atoms. The molecule has 1 heterocycles. The summed E-state index contributed by atoms with van der Waals surface area (Å²) in [4.78, 5) is 4.44. The molecule has 1 atom stereocenters. The van der Waals surface area contributed by atoms with Crippen molar-refractivity contribution in [2.45, 2.75) is 24.8 Å². The summed E-state index contributed by atoms with van der Waals surface area (Å²) in [7, 11) is 0. The van der Waals surface area contributed by atoms with Gasteiger partial charge >= 0.3 is 0 Å². The Balaban J connectivity index is 2.15. The molecule has 0 aromatic heterocycles. The Labute approximate surface area is 83.0 Å². The highest BCUT2D eigenvalue weighted by Crippen LogP contribution is 2.21. The fourth-order valence-electron chi connectivity index (χ4n) is 1.58. The van der Waals surface area contributed by atoms with Crippen LogP contribution in [0.25, 0.3) is 0 Å². The van der Waals surface area contributed by atoms with Gasteiger partial charge in [-0.15, -0.1) is 11.8 Å². The molecule has 0 aromatic carbocycles. The molecule has 0 aromatic rings. The van der Waals surface area contributed by atoms with Gasteiger partial charge < -0.3 is 5.73 Å². The number of allylic oxidation sites excluding steroid dienone is 4. The van der Waals surface area contributed by atoms with E-state index in [2.05, 4.69) is 23.2 Å². The zero-order valence-electron chi connectivity index (χ0n) is 7.57. The number of hydrogen-bond donors (Lipinski definition) is 1. The first-order valence-corrected chi connectivity index (χ1v) is 5.72. The minimum absolute atomic E-state index is 0.0417. The highest BCUT2D eigenvalue weighted by Gasteiger charge is 2.14. The molecule has 70 valence electrons. The number of rotatable bonds is 1. The average Bonchev–Trinajstić information content (AvgIpc) is 2.19. The van der Waals surface area contributed by atoms with Crippen molar-refractivity contribution in [3.8, 4) is 0 Å². The van der Waals surface area contributed by atoms with Gasteiger partial charge in [0.1, 0.15) is 5.50 Å². The van der Waals surface area contributed by atoms with Crippen LogP contribution in [0, 0.1) is 0 Å². The maximum Gasteiger partial charge on any atom is 0.144 e. The topological polar surface area (TPSA) is 38.4 Å². The first-order valence-electron chi connectivity index (χ1n) is 4.67. The molecule has 13 heavy (non-hydrogen) atoms. The van der Waals surface area contributed by atoms with Crippen LogP contribution in [0.15, 0.2) is 28.8 Å². The molecular formula is C10H14N2S. The monoisotopic (exact) mass is 194 g/mol. The summed E-state index contributed by atoms with van der Waals surface area (Å²) in [5.74, 6) is 1.10. The van der Waals surface area contributed by atoms with Gasteiger partial charge in [0.15, 0.2) is 0 Å². The Morgan fingerprint density at radius 3 is 3.08 bits per heavy atom. The normalized spacial score (nSPS) is 28.2. The fourth-order valence-corrected chi connectivity index (χ4v) is 2.33. The minimum atomic E-state index is -0.0417. The van der Waals surface area contributed by atoms with E-state index in [-0.39, 0.29) is 5.50 Å². The lowest BCUT2D eigenvalue weighted by atomic mass is 10.0.